The van der Waals surface area contributed by atoms with Crippen LogP contribution in [0.5, 0.6) is 0 Å². The third-order valence-corrected chi connectivity index (χ3v) is 5.75. The normalized spacial score (nSPS) is 33.2. The minimum absolute atomic E-state index is 0.820. The fourth-order valence-corrected chi connectivity index (χ4v) is 4.67. The standard InChI is InChI=1S/C19H28/c1-15-14-18(16-8-4-2-5-9-16)12-13-19(15)17-10-6-3-7-11-17/h3,6-7,10-11,15-16,18-19H,2,4-5,8-9,12-14H2,1H3. The first-order chi connectivity index (χ1) is 9.34. The van der Waals surface area contributed by atoms with Crippen LogP contribution in [0.1, 0.15) is 69.8 Å². The summed E-state index contributed by atoms with van der Waals surface area (Å²) in [4.78, 5) is 0. The predicted molar refractivity (Wildman–Crippen MR) is 82.3 cm³/mol. The lowest BCUT2D eigenvalue weighted by molar-refractivity contribution is 0.151. The lowest BCUT2D eigenvalue weighted by Gasteiger charge is -2.39. The molecule has 3 rings (SSSR count). The summed E-state index contributed by atoms with van der Waals surface area (Å²) in [6, 6.07) is 11.2. The molecule has 1 aromatic rings. The molecule has 2 fully saturated rings. The van der Waals surface area contributed by atoms with Crippen molar-refractivity contribution in [2.45, 2.75) is 64.2 Å². The Morgan fingerprint density at radius 3 is 2.21 bits per heavy atom. The Labute approximate surface area is 118 Å². The van der Waals surface area contributed by atoms with Gasteiger partial charge in [0.15, 0.2) is 0 Å². The molecule has 3 atom stereocenters. The van der Waals surface area contributed by atoms with Gasteiger partial charge in [-0.2, -0.15) is 0 Å². The van der Waals surface area contributed by atoms with Crippen LogP contribution in [-0.2, 0) is 0 Å². The molecule has 1 aromatic carbocycles. The van der Waals surface area contributed by atoms with Crippen molar-refractivity contribution in [1.29, 1.82) is 0 Å². The molecule has 2 aliphatic carbocycles. The van der Waals surface area contributed by atoms with Gasteiger partial charge >= 0.3 is 0 Å². The van der Waals surface area contributed by atoms with Crippen molar-refractivity contribution in [1.82, 2.24) is 0 Å². The van der Waals surface area contributed by atoms with E-state index in [1.54, 1.807) is 5.56 Å². The zero-order valence-electron chi connectivity index (χ0n) is 12.4. The van der Waals surface area contributed by atoms with Gasteiger partial charge in [0.25, 0.3) is 0 Å². The molecule has 0 heterocycles. The van der Waals surface area contributed by atoms with E-state index in [1.165, 1.54) is 51.4 Å². The Hall–Kier alpha value is -0.780. The number of hydrogen-bond acceptors (Lipinski definition) is 0. The second-order valence-corrected chi connectivity index (χ2v) is 6.97. The maximum Gasteiger partial charge on any atom is -0.0136 e. The molecule has 2 aliphatic rings. The van der Waals surface area contributed by atoms with Gasteiger partial charge in [-0.3, -0.25) is 0 Å². The summed E-state index contributed by atoms with van der Waals surface area (Å²) in [7, 11) is 0. The van der Waals surface area contributed by atoms with Gasteiger partial charge in [0, 0.05) is 0 Å². The molecule has 0 aromatic heterocycles. The van der Waals surface area contributed by atoms with Crippen molar-refractivity contribution in [3.05, 3.63) is 35.9 Å². The average molecular weight is 256 g/mol. The largest absolute Gasteiger partial charge is 0.0622 e. The molecule has 0 spiro atoms. The first-order valence-corrected chi connectivity index (χ1v) is 8.39. The summed E-state index contributed by atoms with van der Waals surface area (Å²) < 4.78 is 0. The third-order valence-electron chi connectivity index (χ3n) is 5.75. The first kappa shape index (κ1) is 13.2. The molecule has 19 heavy (non-hydrogen) atoms. The minimum atomic E-state index is 0.820. The van der Waals surface area contributed by atoms with Gasteiger partial charge in [-0.1, -0.05) is 69.4 Å². The van der Waals surface area contributed by atoms with E-state index in [9.17, 15) is 0 Å². The van der Waals surface area contributed by atoms with E-state index in [0.717, 1.165) is 23.7 Å². The molecule has 2 saturated carbocycles. The van der Waals surface area contributed by atoms with Crippen LogP contribution in [0.3, 0.4) is 0 Å². The molecule has 0 N–H and O–H groups in total. The highest BCUT2D eigenvalue weighted by molar-refractivity contribution is 5.20. The van der Waals surface area contributed by atoms with E-state index >= 15 is 0 Å². The summed E-state index contributed by atoms with van der Waals surface area (Å²) in [5, 5.41) is 0. The van der Waals surface area contributed by atoms with E-state index in [4.69, 9.17) is 0 Å². The monoisotopic (exact) mass is 256 g/mol. The highest BCUT2D eigenvalue weighted by Crippen LogP contribution is 2.45. The smallest absolute Gasteiger partial charge is 0.0136 e. The molecule has 0 saturated heterocycles. The summed E-state index contributed by atoms with van der Waals surface area (Å²) in [6.45, 7) is 2.49. The summed E-state index contributed by atoms with van der Waals surface area (Å²) in [5.41, 5.74) is 1.58. The van der Waals surface area contributed by atoms with Crippen molar-refractivity contribution in [2.24, 2.45) is 17.8 Å². The first-order valence-electron chi connectivity index (χ1n) is 8.39. The van der Waals surface area contributed by atoms with Gasteiger partial charge < -0.3 is 0 Å². The second-order valence-electron chi connectivity index (χ2n) is 6.97. The van der Waals surface area contributed by atoms with Crippen molar-refractivity contribution in [2.75, 3.05) is 0 Å². The van der Waals surface area contributed by atoms with Gasteiger partial charge in [-0.25, -0.2) is 0 Å². The Balaban J connectivity index is 1.62. The van der Waals surface area contributed by atoms with E-state index < -0.39 is 0 Å². The highest BCUT2D eigenvalue weighted by Gasteiger charge is 2.32. The lowest BCUT2D eigenvalue weighted by Crippen LogP contribution is -2.27. The van der Waals surface area contributed by atoms with E-state index in [0.29, 0.717) is 0 Å². The second kappa shape index (κ2) is 6.11. The van der Waals surface area contributed by atoms with Crippen molar-refractivity contribution < 1.29 is 0 Å². The lowest BCUT2D eigenvalue weighted by atomic mass is 9.66. The summed E-state index contributed by atoms with van der Waals surface area (Å²) >= 11 is 0. The highest BCUT2D eigenvalue weighted by atomic mass is 14.4. The van der Waals surface area contributed by atoms with Gasteiger partial charge in [0.2, 0.25) is 0 Å². The molecule has 0 radical (unpaired) electrons. The van der Waals surface area contributed by atoms with Gasteiger partial charge in [-0.05, 0) is 48.5 Å². The fraction of sp³-hybridized carbons (Fsp3) is 0.684. The number of rotatable bonds is 2. The summed E-state index contributed by atoms with van der Waals surface area (Å²) in [5.74, 6) is 3.80. The Bertz CT molecular complexity index is 374. The minimum Gasteiger partial charge on any atom is -0.0622 e. The van der Waals surface area contributed by atoms with E-state index in [1.807, 2.05) is 0 Å². The van der Waals surface area contributed by atoms with Crippen LogP contribution in [0.4, 0.5) is 0 Å². The molecule has 3 unspecified atom stereocenters. The Morgan fingerprint density at radius 2 is 1.53 bits per heavy atom. The van der Waals surface area contributed by atoms with Crippen LogP contribution in [0, 0.1) is 17.8 Å². The van der Waals surface area contributed by atoms with Crippen molar-refractivity contribution in [3.63, 3.8) is 0 Å². The van der Waals surface area contributed by atoms with Crippen LogP contribution >= 0.6 is 0 Å². The predicted octanol–water partition coefficient (Wildman–Crippen LogP) is 5.79. The van der Waals surface area contributed by atoms with E-state index in [-0.39, 0.29) is 0 Å². The van der Waals surface area contributed by atoms with Crippen LogP contribution in [0.2, 0.25) is 0 Å². The maximum absolute atomic E-state index is 2.49. The molecular formula is C19H28. The van der Waals surface area contributed by atoms with Crippen LogP contribution in [0.25, 0.3) is 0 Å². The SMILES string of the molecule is CC1CC(C2CCCCC2)CCC1c1ccccc1. The van der Waals surface area contributed by atoms with Crippen LogP contribution < -0.4 is 0 Å². The topological polar surface area (TPSA) is 0 Å². The molecule has 104 valence electrons. The Kier molecular flexibility index (Phi) is 4.25. The third kappa shape index (κ3) is 3.04. The number of benzene rings is 1. The summed E-state index contributed by atoms with van der Waals surface area (Å²) in [6.07, 6.45) is 11.9. The molecule has 0 bridgehead atoms. The van der Waals surface area contributed by atoms with E-state index in [2.05, 4.69) is 37.3 Å². The van der Waals surface area contributed by atoms with Crippen LogP contribution in [-0.4, -0.2) is 0 Å². The molecular weight excluding hydrogens is 228 g/mol. The van der Waals surface area contributed by atoms with Gasteiger partial charge in [-0.15, -0.1) is 0 Å². The van der Waals surface area contributed by atoms with Gasteiger partial charge in [0.05, 0.1) is 0 Å². The van der Waals surface area contributed by atoms with Crippen LogP contribution in [0.15, 0.2) is 30.3 Å². The zero-order chi connectivity index (χ0) is 13.1. The molecule has 0 heteroatoms. The van der Waals surface area contributed by atoms with Crippen molar-refractivity contribution in [3.8, 4) is 0 Å². The molecule has 0 aliphatic heterocycles. The number of hydrogen-bond donors (Lipinski definition) is 0. The molecule has 0 amide bonds. The van der Waals surface area contributed by atoms with Crippen molar-refractivity contribution >= 4 is 0 Å². The average Bonchev–Trinajstić information content (AvgIpc) is 2.49. The van der Waals surface area contributed by atoms with Gasteiger partial charge in [0.1, 0.15) is 0 Å². The Morgan fingerprint density at radius 1 is 0.789 bits per heavy atom. The maximum atomic E-state index is 2.49. The fourth-order valence-electron chi connectivity index (χ4n) is 4.67. The zero-order valence-corrected chi connectivity index (χ0v) is 12.4. The molecule has 0 nitrogen and oxygen atoms in total. The quantitative estimate of drug-likeness (QED) is 0.628.